The molecule has 0 saturated carbocycles. The minimum Gasteiger partial charge on any atom is -0.397 e. The lowest BCUT2D eigenvalue weighted by Crippen LogP contribution is -1.89. The minimum atomic E-state index is 0.448. The van der Waals surface area contributed by atoms with E-state index in [1.165, 1.54) is 0 Å². The fourth-order valence-corrected chi connectivity index (χ4v) is 1.59. The molecule has 2 N–H and O–H groups in total. The van der Waals surface area contributed by atoms with Crippen LogP contribution in [0.1, 0.15) is 5.56 Å². The molecule has 0 aromatic heterocycles. The average Bonchev–Trinajstić information content (AvgIpc) is 1.97. The van der Waals surface area contributed by atoms with E-state index in [0.717, 1.165) is 3.57 Å². The van der Waals surface area contributed by atoms with Gasteiger partial charge in [-0.25, -0.2) is 0 Å². The molecule has 11 heavy (non-hydrogen) atoms. The summed E-state index contributed by atoms with van der Waals surface area (Å²) >= 11 is 7.74. The molecule has 0 bridgehead atoms. The van der Waals surface area contributed by atoms with Crippen molar-refractivity contribution in [2.24, 2.45) is 0 Å². The molecular formula is C7H4ClIN2. The van der Waals surface area contributed by atoms with Crippen LogP contribution in [0, 0.1) is 14.9 Å². The lowest BCUT2D eigenvalue weighted by molar-refractivity contribution is 1.46. The second kappa shape index (κ2) is 3.28. The van der Waals surface area contributed by atoms with Gasteiger partial charge in [-0.05, 0) is 34.7 Å². The number of halogens is 2. The van der Waals surface area contributed by atoms with Gasteiger partial charge in [0.05, 0.1) is 16.3 Å². The van der Waals surface area contributed by atoms with Crippen molar-refractivity contribution in [3.05, 3.63) is 26.3 Å². The second-order valence-electron chi connectivity index (χ2n) is 1.97. The molecule has 4 heteroatoms. The van der Waals surface area contributed by atoms with E-state index in [4.69, 9.17) is 22.6 Å². The summed E-state index contributed by atoms with van der Waals surface area (Å²) in [5, 5.41) is 9.07. The molecule has 0 saturated heterocycles. The second-order valence-corrected chi connectivity index (χ2v) is 3.53. The summed E-state index contributed by atoms with van der Waals surface area (Å²) in [5.74, 6) is 0. The molecule has 0 amide bonds. The van der Waals surface area contributed by atoms with Crippen molar-refractivity contribution in [2.45, 2.75) is 0 Å². The van der Waals surface area contributed by atoms with Crippen LogP contribution in [0.25, 0.3) is 0 Å². The molecule has 0 atom stereocenters. The summed E-state index contributed by atoms with van der Waals surface area (Å²) in [5.41, 5.74) is 6.49. The number of rotatable bonds is 0. The van der Waals surface area contributed by atoms with Crippen LogP contribution in [0.2, 0.25) is 5.02 Å². The Hall–Kier alpha value is -0.470. The van der Waals surface area contributed by atoms with Crippen molar-refractivity contribution >= 4 is 39.9 Å². The Morgan fingerprint density at radius 3 is 2.73 bits per heavy atom. The SMILES string of the molecule is N#Cc1cc(N)c(Cl)cc1I. The average molecular weight is 278 g/mol. The molecule has 0 heterocycles. The first-order chi connectivity index (χ1) is 5.15. The van der Waals surface area contributed by atoms with Crippen LogP contribution in [0.3, 0.4) is 0 Å². The van der Waals surface area contributed by atoms with E-state index in [2.05, 4.69) is 0 Å². The number of nitrogen functional groups attached to an aromatic ring is 1. The van der Waals surface area contributed by atoms with Crippen LogP contribution in [-0.4, -0.2) is 0 Å². The Morgan fingerprint density at radius 1 is 1.55 bits per heavy atom. The Bertz CT molecular complexity index is 330. The number of nitrogens with zero attached hydrogens (tertiary/aromatic N) is 1. The zero-order valence-corrected chi connectivity index (χ0v) is 8.35. The molecule has 1 aromatic carbocycles. The third-order valence-electron chi connectivity index (χ3n) is 1.21. The van der Waals surface area contributed by atoms with Crippen molar-refractivity contribution in [2.75, 3.05) is 5.73 Å². The van der Waals surface area contributed by atoms with Gasteiger partial charge in [-0.3, -0.25) is 0 Å². The van der Waals surface area contributed by atoms with Crippen LogP contribution in [0.5, 0.6) is 0 Å². The van der Waals surface area contributed by atoms with Crippen LogP contribution in [0.15, 0.2) is 12.1 Å². The largest absolute Gasteiger partial charge is 0.397 e. The van der Waals surface area contributed by atoms with Crippen molar-refractivity contribution < 1.29 is 0 Å². The molecule has 1 aromatic rings. The lowest BCUT2D eigenvalue weighted by atomic mass is 10.2. The summed E-state index contributed by atoms with van der Waals surface area (Å²) in [4.78, 5) is 0. The summed E-state index contributed by atoms with van der Waals surface area (Å²) in [6, 6.07) is 5.27. The van der Waals surface area contributed by atoms with E-state index >= 15 is 0 Å². The molecule has 2 nitrogen and oxygen atoms in total. The van der Waals surface area contributed by atoms with Gasteiger partial charge in [0.1, 0.15) is 6.07 Å². The van der Waals surface area contributed by atoms with Gasteiger partial charge in [0.2, 0.25) is 0 Å². The van der Waals surface area contributed by atoms with Crippen molar-refractivity contribution in [3.8, 4) is 6.07 Å². The number of hydrogen-bond donors (Lipinski definition) is 1. The highest BCUT2D eigenvalue weighted by atomic mass is 127. The van der Waals surface area contributed by atoms with E-state index in [0.29, 0.717) is 16.3 Å². The Morgan fingerprint density at radius 2 is 2.18 bits per heavy atom. The van der Waals surface area contributed by atoms with Gasteiger partial charge in [-0.2, -0.15) is 5.26 Å². The first kappa shape index (κ1) is 8.62. The highest BCUT2D eigenvalue weighted by molar-refractivity contribution is 14.1. The van der Waals surface area contributed by atoms with Crippen LogP contribution < -0.4 is 5.73 Å². The van der Waals surface area contributed by atoms with Gasteiger partial charge in [-0.15, -0.1) is 0 Å². The van der Waals surface area contributed by atoms with Crippen LogP contribution >= 0.6 is 34.2 Å². The standard InChI is InChI=1S/C7H4ClIN2/c8-5-2-6(9)4(3-10)1-7(5)11/h1-2H,11H2. The molecule has 56 valence electrons. The number of anilines is 1. The third kappa shape index (κ3) is 1.76. The first-order valence-electron chi connectivity index (χ1n) is 2.79. The Balaban J connectivity index is 3.35. The smallest absolute Gasteiger partial charge is 0.100 e. The molecule has 0 aliphatic carbocycles. The van der Waals surface area contributed by atoms with Crippen LogP contribution in [-0.2, 0) is 0 Å². The summed E-state index contributed by atoms with van der Waals surface area (Å²) < 4.78 is 0.823. The molecular weight excluding hydrogens is 274 g/mol. The number of nitriles is 1. The Kier molecular flexibility index (Phi) is 2.58. The quantitative estimate of drug-likeness (QED) is 0.585. The van der Waals surface area contributed by atoms with Crippen molar-refractivity contribution in [3.63, 3.8) is 0 Å². The molecule has 1 rings (SSSR count). The van der Waals surface area contributed by atoms with Gasteiger partial charge in [-0.1, -0.05) is 11.6 Å². The number of nitrogens with two attached hydrogens (primary N) is 1. The van der Waals surface area contributed by atoms with Gasteiger partial charge in [0, 0.05) is 3.57 Å². The summed E-state index contributed by atoms with van der Waals surface area (Å²) in [7, 11) is 0. The topological polar surface area (TPSA) is 49.8 Å². The van der Waals surface area contributed by atoms with Gasteiger partial charge < -0.3 is 5.73 Å². The molecule has 0 radical (unpaired) electrons. The molecule has 0 aliphatic heterocycles. The fraction of sp³-hybridized carbons (Fsp3) is 0. The zero-order valence-electron chi connectivity index (χ0n) is 5.44. The molecule has 0 spiro atoms. The normalized spacial score (nSPS) is 9.18. The maximum atomic E-state index is 8.58. The highest BCUT2D eigenvalue weighted by Gasteiger charge is 2.02. The predicted octanol–water partition coefficient (Wildman–Crippen LogP) is 2.40. The number of benzene rings is 1. The highest BCUT2D eigenvalue weighted by Crippen LogP contribution is 2.23. The molecule has 0 fully saturated rings. The maximum Gasteiger partial charge on any atom is 0.100 e. The van der Waals surface area contributed by atoms with Gasteiger partial charge in [0.25, 0.3) is 0 Å². The van der Waals surface area contributed by atoms with Gasteiger partial charge in [0.15, 0.2) is 0 Å². The maximum absolute atomic E-state index is 8.58. The third-order valence-corrected chi connectivity index (χ3v) is 2.43. The summed E-state index contributed by atoms with van der Waals surface area (Å²) in [6.07, 6.45) is 0. The van der Waals surface area contributed by atoms with E-state index in [1.807, 2.05) is 28.7 Å². The lowest BCUT2D eigenvalue weighted by Gasteiger charge is -1.99. The van der Waals surface area contributed by atoms with Crippen LogP contribution in [0.4, 0.5) is 5.69 Å². The first-order valence-corrected chi connectivity index (χ1v) is 4.25. The van der Waals surface area contributed by atoms with E-state index in [1.54, 1.807) is 12.1 Å². The predicted molar refractivity (Wildman–Crippen MR) is 53.3 cm³/mol. The minimum absolute atomic E-state index is 0.448. The van der Waals surface area contributed by atoms with E-state index in [9.17, 15) is 0 Å². The van der Waals surface area contributed by atoms with E-state index < -0.39 is 0 Å². The van der Waals surface area contributed by atoms with Crippen molar-refractivity contribution in [1.29, 1.82) is 5.26 Å². The van der Waals surface area contributed by atoms with Gasteiger partial charge >= 0.3 is 0 Å². The van der Waals surface area contributed by atoms with E-state index in [-0.39, 0.29) is 0 Å². The number of hydrogen-bond acceptors (Lipinski definition) is 2. The summed E-state index contributed by atoms with van der Waals surface area (Å²) in [6.45, 7) is 0. The monoisotopic (exact) mass is 278 g/mol. The molecule has 0 unspecified atom stereocenters. The molecule has 0 aliphatic rings. The fourth-order valence-electron chi connectivity index (χ4n) is 0.651. The Labute approximate surface area is 83.1 Å². The van der Waals surface area contributed by atoms with Crippen molar-refractivity contribution in [1.82, 2.24) is 0 Å². The zero-order chi connectivity index (χ0) is 8.43.